The van der Waals surface area contributed by atoms with Gasteiger partial charge in [0.15, 0.2) is 0 Å². The molecule has 1 aromatic carbocycles. The van der Waals surface area contributed by atoms with Crippen LogP contribution in [0.2, 0.25) is 0 Å². The lowest BCUT2D eigenvalue weighted by Gasteiger charge is -2.36. The SMILES string of the molecule is CC1CN(C)c2ccccc2C1C. The molecule has 0 aromatic heterocycles. The second-order valence-corrected chi connectivity index (χ2v) is 4.21. The van der Waals surface area contributed by atoms with Crippen LogP contribution in [0.4, 0.5) is 5.69 Å². The standard InChI is InChI=1S/C12H17N/c1-9-8-13(3)12-7-5-4-6-11(12)10(9)2/h4-7,9-10H,8H2,1-3H3. The summed E-state index contributed by atoms with van der Waals surface area (Å²) >= 11 is 0. The Balaban J connectivity index is 2.47. The van der Waals surface area contributed by atoms with Crippen molar-refractivity contribution in [2.75, 3.05) is 18.5 Å². The Morgan fingerprint density at radius 3 is 2.69 bits per heavy atom. The lowest BCUT2D eigenvalue weighted by molar-refractivity contribution is 0.468. The van der Waals surface area contributed by atoms with Crippen molar-refractivity contribution in [1.82, 2.24) is 0 Å². The van der Waals surface area contributed by atoms with Crippen molar-refractivity contribution >= 4 is 5.69 Å². The van der Waals surface area contributed by atoms with E-state index in [2.05, 4.69) is 50.1 Å². The average molecular weight is 175 g/mol. The van der Waals surface area contributed by atoms with Gasteiger partial charge in [0.05, 0.1) is 0 Å². The Labute approximate surface area is 80.4 Å². The molecule has 0 spiro atoms. The highest BCUT2D eigenvalue weighted by molar-refractivity contribution is 5.56. The van der Waals surface area contributed by atoms with Crippen molar-refractivity contribution in [3.8, 4) is 0 Å². The maximum atomic E-state index is 2.36. The van der Waals surface area contributed by atoms with E-state index in [-0.39, 0.29) is 0 Å². The molecule has 1 nitrogen and oxygen atoms in total. The molecule has 2 rings (SSSR count). The largest absolute Gasteiger partial charge is 0.374 e. The number of nitrogens with zero attached hydrogens (tertiary/aromatic N) is 1. The van der Waals surface area contributed by atoms with E-state index >= 15 is 0 Å². The van der Waals surface area contributed by atoms with Crippen LogP contribution in [0, 0.1) is 5.92 Å². The minimum atomic E-state index is 0.701. The van der Waals surface area contributed by atoms with Gasteiger partial charge < -0.3 is 4.90 Å². The first-order valence-electron chi connectivity index (χ1n) is 5.00. The van der Waals surface area contributed by atoms with Gasteiger partial charge in [-0.25, -0.2) is 0 Å². The third kappa shape index (κ3) is 1.32. The summed E-state index contributed by atoms with van der Waals surface area (Å²) in [5, 5.41) is 0. The van der Waals surface area contributed by atoms with E-state index in [0.717, 1.165) is 5.92 Å². The van der Waals surface area contributed by atoms with Crippen molar-refractivity contribution in [2.24, 2.45) is 5.92 Å². The molecule has 1 aliphatic rings. The van der Waals surface area contributed by atoms with Gasteiger partial charge in [0.1, 0.15) is 0 Å². The number of para-hydroxylation sites is 1. The summed E-state index contributed by atoms with van der Waals surface area (Å²) in [4.78, 5) is 2.36. The summed E-state index contributed by atoms with van der Waals surface area (Å²) in [6.07, 6.45) is 0. The van der Waals surface area contributed by atoms with Crippen molar-refractivity contribution in [2.45, 2.75) is 19.8 Å². The summed E-state index contributed by atoms with van der Waals surface area (Å²) in [7, 11) is 2.18. The maximum Gasteiger partial charge on any atom is 0.0399 e. The van der Waals surface area contributed by atoms with E-state index in [0.29, 0.717) is 5.92 Å². The van der Waals surface area contributed by atoms with Crippen LogP contribution in [0.3, 0.4) is 0 Å². The molecule has 1 heterocycles. The first-order valence-corrected chi connectivity index (χ1v) is 5.00. The van der Waals surface area contributed by atoms with Crippen molar-refractivity contribution in [3.05, 3.63) is 29.8 Å². The Morgan fingerprint density at radius 1 is 1.23 bits per heavy atom. The van der Waals surface area contributed by atoms with Gasteiger partial charge in [-0.15, -0.1) is 0 Å². The zero-order chi connectivity index (χ0) is 9.42. The van der Waals surface area contributed by atoms with Crippen LogP contribution in [0.15, 0.2) is 24.3 Å². The maximum absolute atomic E-state index is 2.36. The van der Waals surface area contributed by atoms with Crippen LogP contribution in [-0.2, 0) is 0 Å². The highest BCUT2D eigenvalue weighted by Gasteiger charge is 2.24. The Kier molecular flexibility index (Phi) is 2.03. The van der Waals surface area contributed by atoms with Crippen LogP contribution >= 0.6 is 0 Å². The van der Waals surface area contributed by atoms with Gasteiger partial charge in [-0.05, 0) is 23.5 Å². The molecule has 1 aliphatic heterocycles. The molecule has 2 unspecified atom stereocenters. The number of rotatable bonds is 0. The Bertz CT molecular complexity index is 306. The molecule has 0 aliphatic carbocycles. The zero-order valence-electron chi connectivity index (χ0n) is 8.62. The summed E-state index contributed by atoms with van der Waals surface area (Å²) < 4.78 is 0. The molecule has 1 heteroatoms. The molecular weight excluding hydrogens is 158 g/mol. The van der Waals surface area contributed by atoms with Gasteiger partial charge in [-0.2, -0.15) is 0 Å². The van der Waals surface area contributed by atoms with Gasteiger partial charge in [-0.3, -0.25) is 0 Å². The number of hydrogen-bond acceptors (Lipinski definition) is 1. The van der Waals surface area contributed by atoms with E-state index < -0.39 is 0 Å². The third-order valence-corrected chi connectivity index (χ3v) is 3.25. The number of anilines is 1. The smallest absolute Gasteiger partial charge is 0.0399 e. The van der Waals surface area contributed by atoms with E-state index in [1.54, 1.807) is 0 Å². The summed E-state index contributed by atoms with van der Waals surface area (Å²) in [5.41, 5.74) is 2.91. The average Bonchev–Trinajstić information content (AvgIpc) is 2.15. The molecular formula is C12H17N. The normalized spacial score (nSPS) is 27.2. The number of benzene rings is 1. The summed E-state index contributed by atoms with van der Waals surface area (Å²) in [5.74, 6) is 1.47. The molecule has 1 aromatic rings. The number of hydrogen-bond donors (Lipinski definition) is 0. The fourth-order valence-corrected chi connectivity index (χ4v) is 2.22. The second-order valence-electron chi connectivity index (χ2n) is 4.21. The molecule has 70 valence electrons. The minimum Gasteiger partial charge on any atom is -0.374 e. The highest BCUT2D eigenvalue weighted by atomic mass is 15.1. The van der Waals surface area contributed by atoms with Crippen molar-refractivity contribution < 1.29 is 0 Å². The van der Waals surface area contributed by atoms with E-state index in [1.807, 2.05) is 0 Å². The molecule has 2 atom stereocenters. The summed E-state index contributed by atoms with van der Waals surface area (Å²) in [6, 6.07) is 8.74. The zero-order valence-corrected chi connectivity index (χ0v) is 8.62. The molecule has 0 radical (unpaired) electrons. The van der Waals surface area contributed by atoms with Crippen LogP contribution in [0.5, 0.6) is 0 Å². The molecule has 13 heavy (non-hydrogen) atoms. The Morgan fingerprint density at radius 2 is 1.92 bits per heavy atom. The fourth-order valence-electron chi connectivity index (χ4n) is 2.22. The molecule has 0 fully saturated rings. The van der Waals surface area contributed by atoms with E-state index in [9.17, 15) is 0 Å². The van der Waals surface area contributed by atoms with Crippen molar-refractivity contribution in [1.29, 1.82) is 0 Å². The minimum absolute atomic E-state index is 0.701. The number of fused-ring (bicyclic) bond motifs is 1. The quantitative estimate of drug-likeness (QED) is 0.586. The third-order valence-electron chi connectivity index (χ3n) is 3.25. The summed E-state index contributed by atoms with van der Waals surface area (Å²) in [6.45, 7) is 5.84. The van der Waals surface area contributed by atoms with Gasteiger partial charge >= 0.3 is 0 Å². The van der Waals surface area contributed by atoms with Gasteiger partial charge in [0.2, 0.25) is 0 Å². The molecule has 0 amide bonds. The van der Waals surface area contributed by atoms with Crippen LogP contribution in [0.25, 0.3) is 0 Å². The van der Waals surface area contributed by atoms with Gasteiger partial charge in [0, 0.05) is 19.3 Å². The van der Waals surface area contributed by atoms with Crippen LogP contribution < -0.4 is 4.90 Å². The molecule has 0 N–H and O–H groups in total. The predicted octanol–water partition coefficient (Wildman–Crippen LogP) is 2.88. The molecule has 0 saturated heterocycles. The van der Waals surface area contributed by atoms with Gasteiger partial charge in [0.25, 0.3) is 0 Å². The van der Waals surface area contributed by atoms with Crippen LogP contribution in [0.1, 0.15) is 25.3 Å². The Hall–Kier alpha value is -0.980. The van der Waals surface area contributed by atoms with E-state index in [4.69, 9.17) is 0 Å². The molecule has 0 saturated carbocycles. The second kappa shape index (κ2) is 3.06. The lowest BCUT2D eigenvalue weighted by Crippen LogP contribution is -2.32. The van der Waals surface area contributed by atoms with Gasteiger partial charge in [-0.1, -0.05) is 32.0 Å². The highest BCUT2D eigenvalue weighted by Crippen LogP contribution is 2.36. The first kappa shape index (κ1) is 8.61. The predicted molar refractivity (Wildman–Crippen MR) is 57.3 cm³/mol. The van der Waals surface area contributed by atoms with E-state index in [1.165, 1.54) is 17.8 Å². The van der Waals surface area contributed by atoms with Crippen LogP contribution in [-0.4, -0.2) is 13.6 Å². The van der Waals surface area contributed by atoms with Crippen molar-refractivity contribution in [3.63, 3.8) is 0 Å². The monoisotopic (exact) mass is 175 g/mol. The lowest BCUT2D eigenvalue weighted by atomic mass is 9.84. The molecule has 0 bridgehead atoms. The fraction of sp³-hybridized carbons (Fsp3) is 0.500. The first-order chi connectivity index (χ1) is 6.20. The topological polar surface area (TPSA) is 3.24 Å².